The van der Waals surface area contributed by atoms with Crippen LogP contribution in [0.15, 0.2) is 46.6 Å². The van der Waals surface area contributed by atoms with Gasteiger partial charge in [0.05, 0.1) is 6.20 Å². The number of hydrogen-bond acceptors (Lipinski definition) is 9. The normalized spacial score (nSPS) is 10.8. The molecule has 3 rings (SSSR count). The van der Waals surface area contributed by atoms with Crippen LogP contribution in [-0.2, 0) is 4.79 Å². The summed E-state index contributed by atoms with van der Waals surface area (Å²) < 4.78 is 0. The Morgan fingerprint density at radius 1 is 1.10 bits per heavy atom. The number of nitrogens with one attached hydrogen (secondary N) is 4. The van der Waals surface area contributed by atoms with Gasteiger partial charge >= 0.3 is 0 Å². The maximum Gasteiger partial charge on any atom is 0.234 e. The molecule has 10 nitrogen and oxygen atoms in total. The molecule has 2 heterocycles. The summed E-state index contributed by atoms with van der Waals surface area (Å²) in [5, 5.41) is 16.5. The summed E-state index contributed by atoms with van der Waals surface area (Å²) in [5.41, 5.74) is 0.759. The van der Waals surface area contributed by atoms with Crippen molar-refractivity contribution in [3.63, 3.8) is 0 Å². The summed E-state index contributed by atoms with van der Waals surface area (Å²) in [6.45, 7) is 3.37. The minimum atomic E-state index is -0.0177. The van der Waals surface area contributed by atoms with Gasteiger partial charge in [-0.15, -0.1) is 0 Å². The van der Waals surface area contributed by atoms with Crippen LogP contribution in [0.2, 0.25) is 0 Å². The number of carbonyl (C=O) groups excluding carboxylic acids is 1. The van der Waals surface area contributed by atoms with E-state index in [1.807, 2.05) is 45.3 Å². The summed E-state index contributed by atoms with van der Waals surface area (Å²) in [6.07, 6.45) is 2.09. The van der Waals surface area contributed by atoms with Gasteiger partial charge in [-0.25, -0.2) is 0 Å². The summed E-state index contributed by atoms with van der Waals surface area (Å²) in [7, 11) is 4.02. The number of rotatable bonds is 10. The van der Waals surface area contributed by atoms with Gasteiger partial charge < -0.3 is 20.9 Å². The Morgan fingerprint density at radius 2 is 1.87 bits per heavy atom. The van der Waals surface area contributed by atoms with Gasteiger partial charge in [-0.2, -0.15) is 20.1 Å². The first-order valence-electron chi connectivity index (χ1n) is 9.50. The smallest absolute Gasteiger partial charge is 0.234 e. The minimum Gasteiger partial charge on any atom is -0.353 e. The zero-order chi connectivity index (χ0) is 21.3. The average Bonchev–Trinajstić information content (AvgIpc) is 3.22. The van der Waals surface area contributed by atoms with Crippen LogP contribution >= 0.6 is 11.8 Å². The lowest BCUT2D eigenvalue weighted by atomic mass is 10.3. The van der Waals surface area contributed by atoms with E-state index in [9.17, 15) is 4.79 Å². The molecule has 11 heteroatoms. The highest BCUT2D eigenvalue weighted by molar-refractivity contribution is 7.99. The quantitative estimate of drug-likeness (QED) is 0.386. The van der Waals surface area contributed by atoms with Gasteiger partial charge in [0.15, 0.2) is 5.16 Å². The van der Waals surface area contributed by atoms with E-state index in [0.717, 1.165) is 17.1 Å². The topological polar surface area (TPSA) is 124 Å². The van der Waals surface area contributed by atoms with Crippen molar-refractivity contribution in [2.45, 2.75) is 23.4 Å². The van der Waals surface area contributed by atoms with Gasteiger partial charge in [0.25, 0.3) is 0 Å². The fourth-order valence-corrected chi connectivity index (χ4v) is 3.08. The van der Waals surface area contributed by atoms with Crippen molar-refractivity contribution < 1.29 is 4.79 Å². The number of amides is 1. The highest BCUT2D eigenvalue weighted by Gasteiger charge is 2.10. The lowest BCUT2D eigenvalue weighted by Crippen LogP contribution is -2.21. The highest BCUT2D eigenvalue weighted by atomic mass is 32.2. The Kier molecular flexibility index (Phi) is 7.57. The molecule has 0 aliphatic carbocycles. The summed E-state index contributed by atoms with van der Waals surface area (Å²) in [6, 6.07) is 9.34. The second kappa shape index (κ2) is 10.6. The number of carbonyl (C=O) groups is 1. The zero-order valence-corrected chi connectivity index (χ0v) is 18.0. The number of aromatic nitrogens is 5. The van der Waals surface area contributed by atoms with Crippen LogP contribution < -0.4 is 16.0 Å². The van der Waals surface area contributed by atoms with E-state index in [4.69, 9.17) is 0 Å². The third-order valence-electron chi connectivity index (χ3n) is 3.87. The summed E-state index contributed by atoms with van der Waals surface area (Å²) >= 11 is 1.41. The van der Waals surface area contributed by atoms with Gasteiger partial charge in [0.1, 0.15) is 5.82 Å². The van der Waals surface area contributed by atoms with Crippen molar-refractivity contribution in [2.75, 3.05) is 43.1 Å². The SMILES string of the molecule is CCC(=O)Nc1ccc(Sc2nc(NCCN(C)C)nc(Nc3ccn[nH]3)n2)cc1. The predicted molar refractivity (Wildman–Crippen MR) is 118 cm³/mol. The molecule has 0 aliphatic rings. The Labute approximate surface area is 179 Å². The van der Waals surface area contributed by atoms with Crippen LogP contribution in [0.5, 0.6) is 0 Å². The molecule has 0 spiro atoms. The molecule has 1 amide bonds. The Balaban J connectivity index is 1.75. The molecule has 0 atom stereocenters. The Morgan fingerprint density at radius 3 is 2.53 bits per heavy atom. The molecule has 158 valence electrons. The van der Waals surface area contributed by atoms with E-state index in [2.05, 4.69) is 46.0 Å². The van der Waals surface area contributed by atoms with Crippen molar-refractivity contribution in [1.29, 1.82) is 0 Å². The predicted octanol–water partition coefficient (Wildman–Crippen LogP) is 2.81. The van der Waals surface area contributed by atoms with Crippen LogP contribution in [0.3, 0.4) is 0 Å². The second-order valence-electron chi connectivity index (χ2n) is 6.62. The molecule has 4 N–H and O–H groups in total. The number of anilines is 4. The maximum absolute atomic E-state index is 11.5. The zero-order valence-electron chi connectivity index (χ0n) is 17.1. The lowest BCUT2D eigenvalue weighted by molar-refractivity contribution is -0.115. The van der Waals surface area contributed by atoms with Gasteiger partial charge in [0, 0.05) is 36.2 Å². The van der Waals surface area contributed by atoms with Crippen molar-refractivity contribution in [1.82, 2.24) is 30.0 Å². The highest BCUT2D eigenvalue weighted by Crippen LogP contribution is 2.27. The van der Waals surface area contributed by atoms with E-state index >= 15 is 0 Å². The fraction of sp³-hybridized carbons (Fsp3) is 0.316. The van der Waals surface area contributed by atoms with Crippen molar-refractivity contribution in [2.24, 2.45) is 0 Å². The summed E-state index contributed by atoms with van der Waals surface area (Å²) in [5.74, 6) is 1.57. The molecule has 0 fully saturated rings. The lowest BCUT2D eigenvalue weighted by Gasteiger charge is -2.12. The third-order valence-corrected chi connectivity index (χ3v) is 4.75. The number of aromatic amines is 1. The largest absolute Gasteiger partial charge is 0.353 e. The average molecular weight is 428 g/mol. The van der Waals surface area contributed by atoms with Gasteiger partial charge in [0.2, 0.25) is 17.8 Å². The Bertz CT molecular complexity index is 945. The van der Waals surface area contributed by atoms with Gasteiger partial charge in [-0.1, -0.05) is 6.92 Å². The van der Waals surface area contributed by atoms with Crippen molar-refractivity contribution >= 4 is 41.1 Å². The first-order chi connectivity index (χ1) is 14.5. The molecular weight excluding hydrogens is 402 g/mol. The number of likely N-dealkylation sites (N-methyl/N-ethyl adjacent to an activating group) is 1. The number of hydrogen-bond donors (Lipinski definition) is 4. The van der Waals surface area contributed by atoms with Crippen LogP contribution in [-0.4, -0.2) is 63.1 Å². The van der Waals surface area contributed by atoms with Crippen molar-refractivity contribution in [3.05, 3.63) is 36.5 Å². The van der Waals surface area contributed by atoms with Crippen LogP contribution in [0, 0.1) is 0 Å². The molecule has 1 aromatic carbocycles. The van der Waals surface area contributed by atoms with E-state index in [-0.39, 0.29) is 5.91 Å². The van der Waals surface area contributed by atoms with Crippen LogP contribution in [0.1, 0.15) is 13.3 Å². The van der Waals surface area contributed by atoms with E-state index in [1.165, 1.54) is 11.8 Å². The third kappa shape index (κ3) is 6.71. The van der Waals surface area contributed by atoms with Crippen molar-refractivity contribution in [3.8, 4) is 0 Å². The molecule has 0 bridgehead atoms. The first-order valence-corrected chi connectivity index (χ1v) is 10.3. The molecule has 0 unspecified atom stereocenters. The monoisotopic (exact) mass is 427 g/mol. The molecule has 0 aliphatic heterocycles. The molecule has 0 saturated heterocycles. The van der Waals surface area contributed by atoms with E-state index in [0.29, 0.717) is 35.8 Å². The Hall–Kier alpha value is -3.18. The second-order valence-corrected chi connectivity index (χ2v) is 7.66. The summed E-state index contributed by atoms with van der Waals surface area (Å²) in [4.78, 5) is 28.0. The standard InChI is InChI=1S/C19H25N9OS/c1-4-16(29)22-13-5-7-14(8-6-13)30-19-25-17(20-11-12-28(2)3)24-18(26-19)23-15-9-10-21-27-15/h5-10H,4,11-12H2,1-3H3,(H,22,29)(H3,20,21,23,24,25,26,27). The number of H-pyrrole nitrogens is 1. The minimum absolute atomic E-state index is 0.0177. The molecule has 3 aromatic rings. The van der Waals surface area contributed by atoms with Crippen LogP contribution in [0.4, 0.5) is 23.4 Å². The maximum atomic E-state index is 11.5. The van der Waals surface area contributed by atoms with Gasteiger partial charge in [-0.3, -0.25) is 9.89 Å². The molecular formula is C19H25N9OS. The number of benzene rings is 1. The molecule has 0 radical (unpaired) electrons. The number of nitrogens with zero attached hydrogens (tertiary/aromatic N) is 5. The van der Waals surface area contributed by atoms with E-state index in [1.54, 1.807) is 12.3 Å². The molecule has 0 saturated carbocycles. The first kappa shape index (κ1) is 21.5. The fourth-order valence-electron chi connectivity index (χ4n) is 2.34. The van der Waals surface area contributed by atoms with Crippen LogP contribution in [0.25, 0.3) is 0 Å². The van der Waals surface area contributed by atoms with E-state index < -0.39 is 0 Å². The molecule has 2 aromatic heterocycles. The molecule has 30 heavy (non-hydrogen) atoms. The van der Waals surface area contributed by atoms with Gasteiger partial charge in [-0.05, 0) is 50.1 Å².